The molecular weight excluding hydrogens is 234 g/mol. The number of carbonyl (C=O) groups excluding carboxylic acids is 1. The number of amides is 1. The Balaban J connectivity index is 2.33. The molecule has 0 aromatic heterocycles. The summed E-state index contributed by atoms with van der Waals surface area (Å²) in [4.78, 5) is 24.2. The van der Waals surface area contributed by atoms with Crippen LogP contribution in [0.15, 0.2) is 24.3 Å². The Morgan fingerprint density at radius 1 is 1.44 bits per heavy atom. The Morgan fingerprint density at radius 3 is 2.67 bits per heavy atom. The molecule has 1 fully saturated rings. The zero-order valence-corrected chi connectivity index (χ0v) is 10.0. The fourth-order valence-electron chi connectivity index (χ4n) is 2.19. The van der Waals surface area contributed by atoms with Crippen LogP contribution in [0.3, 0.4) is 0 Å². The summed E-state index contributed by atoms with van der Waals surface area (Å²) in [6.07, 6.45) is -0.679. The molecule has 2 atom stereocenters. The fourth-order valence-corrected chi connectivity index (χ4v) is 2.19. The summed E-state index contributed by atoms with van der Waals surface area (Å²) in [5, 5.41) is 18.6. The number of aliphatic carboxylic acids is 1. The van der Waals surface area contributed by atoms with E-state index in [0.717, 1.165) is 0 Å². The minimum atomic E-state index is -0.958. The molecule has 1 heterocycles. The quantitative estimate of drug-likeness (QED) is 0.843. The van der Waals surface area contributed by atoms with E-state index in [9.17, 15) is 14.7 Å². The average Bonchev–Trinajstić information content (AvgIpc) is 2.71. The number of hydrogen-bond donors (Lipinski definition) is 2. The van der Waals surface area contributed by atoms with Crippen molar-refractivity contribution in [1.29, 1.82) is 0 Å². The van der Waals surface area contributed by atoms with E-state index in [2.05, 4.69) is 0 Å². The number of aliphatic hydroxyl groups excluding tert-OH is 1. The summed E-state index contributed by atoms with van der Waals surface area (Å²) >= 11 is 0. The molecule has 2 N–H and O–H groups in total. The number of hydrogen-bond acceptors (Lipinski definition) is 3. The van der Waals surface area contributed by atoms with E-state index in [1.807, 2.05) is 0 Å². The van der Waals surface area contributed by atoms with Crippen molar-refractivity contribution in [3.8, 4) is 0 Å². The standard InChI is InChI=1S/C13H15NO4/c1-8(15)10-4-2-3-5-11(10)14-7-9(13(17)18)6-12(14)16/h2-5,8-9,15H,6-7H2,1H3,(H,17,18). The summed E-state index contributed by atoms with van der Waals surface area (Å²) in [5.74, 6) is -1.84. The molecule has 1 aliphatic heterocycles. The maximum Gasteiger partial charge on any atom is 0.308 e. The lowest BCUT2D eigenvalue weighted by molar-refractivity contribution is -0.141. The third-order valence-electron chi connectivity index (χ3n) is 3.15. The summed E-state index contributed by atoms with van der Waals surface area (Å²) < 4.78 is 0. The molecule has 0 saturated carbocycles. The Morgan fingerprint density at radius 2 is 2.11 bits per heavy atom. The van der Waals surface area contributed by atoms with Gasteiger partial charge in [0.25, 0.3) is 0 Å². The maximum absolute atomic E-state index is 11.8. The van der Waals surface area contributed by atoms with Crippen molar-refractivity contribution < 1.29 is 19.8 Å². The van der Waals surface area contributed by atoms with Gasteiger partial charge < -0.3 is 15.1 Å². The molecule has 5 nitrogen and oxygen atoms in total. The zero-order chi connectivity index (χ0) is 13.3. The number of aliphatic hydroxyl groups is 1. The van der Waals surface area contributed by atoms with Gasteiger partial charge in [-0.2, -0.15) is 0 Å². The van der Waals surface area contributed by atoms with Crippen LogP contribution in [0.25, 0.3) is 0 Å². The third kappa shape index (κ3) is 2.22. The Hall–Kier alpha value is -1.88. The Kier molecular flexibility index (Phi) is 3.34. The van der Waals surface area contributed by atoms with E-state index in [-0.39, 0.29) is 18.9 Å². The lowest BCUT2D eigenvalue weighted by Gasteiger charge is -2.21. The second-order valence-corrected chi connectivity index (χ2v) is 4.48. The lowest BCUT2D eigenvalue weighted by Crippen LogP contribution is -2.27. The zero-order valence-electron chi connectivity index (χ0n) is 10.0. The van der Waals surface area contributed by atoms with Crippen LogP contribution in [0.2, 0.25) is 0 Å². The van der Waals surface area contributed by atoms with Gasteiger partial charge in [0.15, 0.2) is 0 Å². The topological polar surface area (TPSA) is 77.8 Å². The van der Waals surface area contributed by atoms with Gasteiger partial charge in [0.05, 0.1) is 12.0 Å². The molecule has 1 amide bonds. The van der Waals surface area contributed by atoms with Crippen LogP contribution < -0.4 is 4.90 Å². The molecule has 0 bridgehead atoms. The number of carboxylic acid groups (broad SMARTS) is 1. The third-order valence-corrected chi connectivity index (χ3v) is 3.15. The van der Waals surface area contributed by atoms with Crippen LogP contribution in [0.4, 0.5) is 5.69 Å². The number of para-hydroxylation sites is 1. The predicted octanol–water partition coefficient (Wildman–Crippen LogP) is 1.18. The molecule has 0 radical (unpaired) electrons. The van der Waals surface area contributed by atoms with Gasteiger partial charge in [0.2, 0.25) is 5.91 Å². The first kappa shape index (κ1) is 12.6. The number of benzene rings is 1. The molecule has 1 aromatic carbocycles. The van der Waals surface area contributed by atoms with Gasteiger partial charge in [-0.3, -0.25) is 9.59 Å². The highest BCUT2D eigenvalue weighted by Gasteiger charge is 2.36. The molecular formula is C13H15NO4. The van der Waals surface area contributed by atoms with Crippen molar-refractivity contribution in [3.63, 3.8) is 0 Å². The van der Waals surface area contributed by atoms with Gasteiger partial charge in [-0.25, -0.2) is 0 Å². The molecule has 0 aliphatic carbocycles. The molecule has 0 spiro atoms. The van der Waals surface area contributed by atoms with Gasteiger partial charge in [0.1, 0.15) is 0 Å². The smallest absolute Gasteiger partial charge is 0.308 e. The molecule has 1 saturated heterocycles. The summed E-state index contributed by atoms with van der Waals surface area (Å²) in [7, 11) is 0. The van der Waals surface area contributed by atoms with Crippen molar-refractivity contribution in [2.45, 2.75) is 19.4 Å². The fraction of sp³-hybridized carbons (Fsp3) is 0.385. The van der Waals surface area contributed by atoms with E-state index < -0.39 is 18.0 Å². The highest BCUT2D eigenvalue weighted by molar-refractivity contribution is 5.99. The number of nitrogens with zero attached hydrogens (tertiary/aromatic N) is 1. The van der Waals surface area contributed by atoms with Gasteiger partial charge in [-0.15, -0.1) is 0 Å². The molecule has 2 unspecified atom stereocenters. The van der Waals surface area contributed by atoms with Crippen LogP contribution in [0.5, 0.6) is 0 Å². The first-order valence-corrected chi connectivity index (χ1v) is 5.81. The van der Waals surface area contributed by atoms with E-state index in [1.54, 1.807) is 31.2 Å². The normalized spacial score (nSPS) is 21.1. The summed E-state index contributed by atoms with van der Waals surface area (Å²) in [5.41, 5.74) is 1.23. The largest absolute Gasteiger partial charge is 0.481 e. The maximum atomic E-state index is 11.8. The molecule has 1 aromatic rings. The minimum absolute atomic E-state index is 0.0173. The van der Waals surface area contributed by atoms with Gasteiger partial charge in [-0.1, -0.05) is 18.2 Å². The van der Waals surface area contributed by atoms with Gasteiger partial charge >= 0.3 is 5.97 Å². The second kappa shape index (κ2) is 4.78. The van der Waals surface area contributed by atoms with Crippen molar-refractivity contribution in [1.82, 2.24) is 0 Å². The second-order valence-electron chi connectivity index (χ2n) is 4.48. The predicted molar refractivity (Wildman–Crippen MR) is 65.2 cm³/mol. The number of anilines is 1. The molecule has 1 aliphatic rings. The first-order valence-electron chi connectivity index (χ1n) is 5.81. The van der Waals surface area contributed by atoms with Crippen molar-refractivity contribution in [3.05, 3.63) is 29.8 Å². The molecule has 18 heavy (non-hydrogen) atoms. The molecule has 96 valence electrons. The SMILES string of the molecule is CC(O)c1ccccc1N1CC(C(=O)O)CC1=O. The number of rotatable bonds is 3. The Bertz CT molecular complexity index is 484. The van der Waals surface area contributed by atoms with Crippen LogP contribution >= 0.6 is 0 Å². The highest BCUT2D eigenvalue weighted by Crippen LogP contribution is 2.31. The summed E-state index contributed by atoms with van der Waals surface area (Å²) in [6.45, 7) is 1.78. The van der Waals surface area contributed by atoms with E-state index in [0.29, 0.717) is 11.3 Å². The van der Waals surface area contributed by atoms with Crippen LogP contribution in [0, 0.1) is 5.92 Å². The van der Waals surface area contributed by atoms with E-state index >= 15 is 0 Å². The van der Waals surface area contributed by atoms with Crippen molar-refractivity contribution in [2.24, 2.45) is 5.92 Å². The van der Waals surface area contributed by atoms with Gasteiger partial charge in [0, 0.05) is 24.2 Å². The van der Waals surface area contributed by atoms with Crippen molar-refractivity contribution >= 4 is 17.6 Å². The number of carboxylic acids is 1. The van der Waals surface area contributed by atoms with Crippen LogP contribution in [0.1, 0.15) is 25.0 Å². The Labute approximate surface area is 105 Å². The van der Waals surface area contributed by atoms with Crippen LogP contribution in [-0.2, 0) is 9.59 Å². The number of carbonyl (C=O) groups is 2. The molecule has 2 rings (SSSR count). The van der Waals surface area contributed by atoms with Crippen molar-refractivity contribution in [2.75, 3.05) is 11.4 Å². The van der Waals surface area contributed by atoms with Crippen LogP contribution in [-0.4, -0.2) is 28.6 Å². The lowest BCUT2D eigenvalue weighted by atomic mass is 10.1. The molecule has 5 heteroatoms. The van der Waals surface area contributed by atoms with E-state index in [1.165, 1.54) is 4.90 Å². The first-order chi connectivity index (χ1) is 8.50. The highest BCUT2D eigenvalue weighted by atomic mass is 16.4. The monoisotopic (exact) mass is 249 g/mol. The van der Waals surface area contributed by atoms with E-state index in [4.69, 9.17) is 5.11 Å². The summed E-state index contributed by atoms with van der Waals surface area (Å²) in [6, 6.07) is 7.01. The average molecular weight is 249 g/mol. The minimum Gasteiger partial charge on any atom is -0.481 e. The van der Waals surface area contributed by atoms with Gasteiger partial charge in [-0.05, 0) is 13.0 Å².